The van der Waals surface area contributed by atoms with E-state index in [4.69, 9.17) is 11.6 Å². The maximum atomic E-state index is 12.0. The standard InChI is InChI=1S/C4H6ClF/c1-3-2-4(3,5)6/h3H,2H2,1H3/t3-,4+/m0/s1. The zero-order chi connectivity index (χ0) is 4.78. The molecule has 0 saturated heterocycles. The summed E-state index contributed by atoms with van der Waals surface area (Å²) in [5.74, 6) is 0.0965. The van der Waals surface area contributed by atoms with Gasteiger partial charge in [-0.25, -0.2) is 4.39 Å². The molecule has 1 aliphatic carbocycles. The number of halogens is 2. The maximum Gasteiger partial charge on any atom is 0.186 e. The van der Waals surface area contributed by atoms with Gasteiger partial charge in [-0.1, -0.05) is 18.5 Å². The minimum atomic E-state index is -1.32. The third-order valence-corrected chi connectivity index (χ3v) is 1.67. The predicted octanol–water partition coefficient (Wildman–Crippen LogP) is 1.93. The Hall–Kier alpha value is 0.220. The van der Waals surface area contributed by atoms with E-state index < -0.39 is 5.13 Å². The largest absolute Gasteiger partial charge is 0.226 e. The summed E-state index contributed by atoms with van der Waals surface area (Å²) in [6.45, 7) is 1.80. The van der Waals surface area contributed by atoms with Crippen molar-refractivity contribution in [2.45, 2.75) is 18.5 Å². The van der Waals surface area contributed by atoms with Crippen LogP contribution in [-0.4, -0.2) is 5.13 Å². The summed E-state index contributed by atoms with van der Waals surface area (Å²) in [6, 6.07) is 0. The maximum absolute atomic E-state index is 12.0. The minimum Gasteiger partial charge on any atom is -0.226 e. The van der Waals surface area contributed by atoms with Gasteiger partial charge in [0.15, 0.2) is 5.13 Å². The molecule has 0 aliphatic heterocycles. The Labute approximate surface area is 41.3 Å². The van der Waals surface area contributed by atoms with Crippen molar-refractivity contribution in [1.82, 2.24) is 0 Å². The van der Waals surface area contributed by atoms with E-state index in [-0.39, 0.29) is 5.92 Å². The molecule has 2 heteroatoms. The topological polar surface area (TPSA) is 0 Å². The number of hydrogen-bond acceptors (Lipinski definition) is 0. The van der Waals surface area contributed by atoms with Crippen molar-refractivity contribution in [2.75, 3.05) is 0 Å². The summed E-state index contributed by atoms with van der Waals surface area (Å²) in [6.07, 6.45) is 0.536. The third-order valence-electron chi connectivity index (χ3n) is 1.14. The molecular formula is C4H6ClF. The van der Waals surface area contributed by atoms with Crippen molar-refractivity contribution in [3.05, 3.63) is 0 Å². The second-order valence-electron chi connectivity index (χ2n) is 1.87. The second-order valence-corrected chi connectivity index (χ2v) is 2.49. The van der Waals surface area contributed by atoms with Crippen LogP contribution in [0.3, 0.4) is 0 Å². The number of rotatable bonds is 0. The fourth-order valence-electron chi connectivity index (χ4n) is 0.349. The molecule has 0 unspecified atom stereocenters. The van der Waals surface area contributed by atoms with Crippen molar-refractivity contribution in [3.63, 3.8) is 0 Å². The molecule has 0 aromatic heterocycles. The lowest BCUT2D eigenvalue weighted by Crippen LogP contribution is -1.84. The van der Waals surface area contributed by atoms with E-state index >= 15 is 0 Å². The van der Waals surface area contributed by atoms with Crippen LogP contribution < -0.4 is 0 Å². The highest BCUT2D eigenvalue weighted by Crippen LogP contribution is 2.50. The smallest absolute Gasteiger partial charge is 0.186 e. The first-order valence-electron chi connectivity index (χ1n) is 2.01. The van der Waals surface area contributed by atoms with Crippen molar-refractivity contribution in [1.29, 1.82) is 0 Å². The zero-order valence-electron chi connectivity index (χ0n) is 3.54. The molecule has 1 fully saturated rings. The van der Waals surface area contributed by atoms with Crippen LogP contribution in [-0.2, 0) is 0 Å². The molecule has 36 valence electrons. The summed E-state index contributed by atoms with van der Waals surface area (Å²) < 4.78 is 12.0. The van der Waals surface area contributed by atoms with E-state index in [2.05, 4.69) is 0 Å². The van der Waals surface area contributed by atoms with Crippen molar-refractivity contribution < 1.29 is 4.39 Å². The first-order chi connectivity index (χ1) is 2.63. The average Bonchev–Trinajstić information content (AvgIpc) is 1.73. The van der Waals surface area contributed by atoms with Crippen LogP contribution in [0.2, 0.25) is 0 Å². The monoisotopic (exact) mass is 108 g/mol. The van der Waals surface area contributed by atoms with Crippen LogP contribution in [0, 0.1) is 5.92 Å². The highest BCUT2D eigenvalue weighted by Gasteiger charge is 2.50. The van der Waals surface area contributed by atoms with Gasteiger partial charge in [0.2, 0.25) is 0 Å². The van der Waals surface area contributed by atoms with Gasteiger partial charge in [0, 0.05) is 12.3 Å². The molecule has 6 heavy (non-hydrogen) atoms. The summed E-state index contributed by atoms with van der Waals surface area (Å²) >= 11 is 5.12. The summed E-state index contributed by atoms with van der Waals surface area (Å²) in [5.41, 5.74) is 0. The fraction of sp³-hybridized carbons (Fsp3) is 1.00. The van der Waals surface area contributed by atoms with E-state index in [1.54, 1.807) is 6.92 Å². The Balaban J connectivity index is 2.41. The molecule has 0 bridgehead atoms. The van der Waals surface area contributed by atoms with E-state index in [1.165, 1.54) is 0 Å². The quantitative estimate of drug-likeness (QED) is 0.416. The lowest BCUT2D eigenvalue weighted by atomic mass is 10.5. The first-order valence-corrected chi connectivity index (χ1v) is 2.38. The van der Waals surface area contributed by atoms with Gasteiger partial charge in [0.05, 0.1) is 0 Å². The van der Waals surface area contributed by atoms with Crippen LogP contribution in [0.5, 0.6) is 0 Å². The summed E-state index contributed by atoms with van der Waals surface area (Å²) in [7, 11) is 0. The Morgan fingerprint density at radius 1 is 2.00 bits per heavy atom. The third kappa shape index (κ3) is 0.515. The van der Waals surface area contributed by atoms with Gasteiger partial charge in [-0.05, 0) is 0 Å². The molecule has 0 nitrogen and oxygen atoms in total. The van der Waals surface area contributed by atoms with E-state index in [9.17, 15) is 4.39 Å². The molecule has 0 amide bonds. The zero-order valence-corrected chi connectivity index (χ0v) is 4.30. The molecular weight excluding hydrogens is 102 g/mol. The van der Waals surface area contributed by atoms with E-state index in [0.29, 0.717) is 6.42 Å². The van der Waals surface area contributed by atoms with Crippen molar-refractivity contribution in [2.24, 2.45) is 5.92 Å². The SMILES string of the molecule is C[C@H]1C[C@]1(F)Cl. The van der Waals surface area contributed by atoms with Gasteiger partial charge in [0.1, 0.15) is 0 Å². The predicted molar refractivity (Wildman–Crippen MR) is 23.5 cm³/mol. The van der Waals surface area contributed by atoms with E-state index in [1.807, 2.05) is 0 Å². The van der Waals surface area contributed by atoms with Crippen molar-refractivity contribution in [3.8, 4) is 0 Å². The molecule has 0 spiro atoms. The van der Waals surface area contributed by atoms with Crippen LogP contribution in [0.25, 0.3) is 0 Å². The molecule has 0 N–H and O–H groups in total. The summed E-state index contributed by atoms with van der Waals surface area (Å²) in [5, 5.41) is -1.32. The molecule has 1 rings (SSSR count). The first kappa shape index (κ1) is 4.38. The Bertz CT molecular complexity index is 69.9. The minimum absolute atomic E-state index is 0.0965. The van der Waals surface area contributed by atoms with Gasteiger partial charge in [-0.3, -0.25) is 0 Å². The normalized spacial score (nSPS) is 55.5. The number of alkyl halides is 2. The summed E-state index contributed by atoms with van der Waals surface area (Å²) in [4.78, 5) is 0. The van der Waals surface area contributed by atoms with Crippen LogP contribution in [0.4, 0.5) is 4.39 Å². The molecule has 1 aliphatic rings. The Morgan fingerprint density at radius 3 is 2.17 bits per heavy atom. The molecule has 0 radical (unpaired) electrons. The highest BCUT2D eigenvalue weighted by molar-refractivity contribution is 6.24. The van der Waals surface area contributed by atoms with Crippen LogP contribution >= 0.6 is 11.6 Å². The van der Waals surface area contributed by atoms with E-state index in [0.717, 1.165) is 0 Å². The second kappa shape index (κ2) is 0.890. The van der Waals surface area contributed by atoms with Gasteiger partial charge < -0.3 is 0 Å². The molecule has 0 heterocycles. The lowest BCUT2D eigenvalue weighted by Gasteiger charge is -1.83. The molecule has 2 atom stereocenters. The van der Waals surface area contributed by atoms with Crippen LogP contribution in [0.15, 0.2) is 0 Å². The van der Waals surface area contributed by atoms with Gasteiger partial charge >= 0.3 is 0 Å². The number of hydrogen-bond donors (Lipinski definition) is 0. The van der Waals surface area contributed by atoms with Crippen molar-refractivity contribution >= 4 is 11.6 Å². The lowest BCUT2D eigenvalue weighted by molar-refractivity contribution is 0.402. The molecule has 0 aromatic carbocycles. The Morgan fingerprint density at radius 2 is 2.17 bits per heavy atom. The average molecular weight is 109 g/mol. The van der Waals surface area contributed by atoms with Gasteiger partial charge in [-0.15, -0.1) is 0 Å². The van der Waals surface area contributed by atoms with Gasteiger partial charge in [0.25, 0.3) is 0 Å². The fourth-order valence-corrected chi connectivity index (χ4v) is 0.581. The molecule has 0 aromatic rings. The molecule has 1 saturated carbocycles. The van der Waals surface area contributed by atoms with Gasteiger partial charge in [-0.2, -0.15) is 0 Å². The highest BCUT2D eigenvalue weighted by atomic mass is 35.5. The Kier molecular flexibility index (Phi) is 0.650. The van der Waals surface area contributed by atoms with Crippen LogP contribution in [0.1, 0.15) is 13.3 Å².